The van der Waals surface area contributed by atoms with Crippen LogP contribution in [-0.4, -0.2) is 15.5 Å². The number of aromatic hydroxyl groups is 2. The first-order valence-electron chi connectivity index (χ1n) is 7.76. The predicted octanol–water partition coefficient (Wildman–Crippen LogP) is 5.26. The smallest absolute Gasteiger partial charge is 0.119 e. The summed E-state index contributed by atoms with van der Waals surface area (Å²) in [6.45, 7) is 0. The summed E-state index contributed by atoms with van der Waals surface area (Å²) in [7, 11) is 0. The number of unbranched alkanes of at least 4 members (excludes halogenated alkanes) is 3. The zero-order valence-corrected chi connectivity index (χ0v) is 13.7. The maximum absolute atomic E-state index is 9.75. The van der Waals surface area contributed by atoms with E-state index in [9.17, 15) is 10.2 Å². The molecule has 0 saturated heterocycles. The molecule has 112 valence electrons. The molecule has 0 aliphatic heterocycles. The first kappa shape index (κ1) is 15.7. The van der Waals surface area contributed by atoms with Crippen LogP contribution in [-0.2, 0) is 5.41 Å². The van der Waals surface area contributed by atoms with Gasteiger partial charge in [0, 0.05) is 11.4 Å². The highest BCUT2D eigenvalue weighted by Gasteiger charge is 2.35. The average Bonchev–Trinajstić information content (AvgIpc) is 2.87. The van der Waals surface area contributed by atoms with E-state index in [2.05, 4.69) is 15.9 Å². The molecule has 20 heavy (non-hydrogen) atoms. The average molecular weight is 341 g/mol. The Morgan fingerprint density at radius 1 is 0.900 bits per heavy atom. The molecule has 3 heteroatoms. The Labute approximate surface area is 130 Å². The van der Waals surface area contributed by atoms with Crippen LogP contribution in [0.3, 0.4) is 0 Å². The number of phenols is 2. The van der Waals surface area contributed by atoms with E-state index in [4.69, 9.17) is 0 Å². The summed E-state index contributed by atoms with van der Waals surface area (Å²) in [6.07, 6.45) is 11.1. The molecule has 1 aliphatic rings. The third kappa shape index (κ3) is 3.91. The van der Waals surface area contributed by atoms with Gasteiger partial charge in [0.15, 0.2) is 0 Å². The molecule has 0 amide bonds. The van der Waals surface area contributed by atoms with Gasteiger partial charge in [0.2, 0.25) is 0 Å². The number of rotatable bonds is 7. The van der Waals surface area contributed by atoms with Gasteiger partial charge in [0.25, 0.3) is 0 Å². The zero-order valence-electron chi connectivity index (χ0n) is 12.1. The number of alkyl halides is 1. The fraction of sp³-hybridized carbons (Fsp3) is 0.647. The Morgan fingerprint density at radius 2 is 1.50 bits per heavy atom. The third-order valence-corrected chi connectivity index (χ3v) is 5.18. The summed E-state index contributed by atoms with van der Waals surface area (Å²) >= 11 is 3.48. The first-order chi connectivity index (χ1) is 9.66. The van der Waals surface area contributed by atoms with Gasteiger partial charge >= 0.3 is 0 Å². The minimum absolute atomic E-state index is 0.185. The standard InChI is InChI=1S/C17H25BrO2/c18-10-6-2-1-3-7-17(8-4-5-9-17)14-11-15(19)13-16(20)12-14/h11-13,19-20H,1-10H2. The number of benzene rings is 1. The molecule has 0 unspecified atom stereocenters. The number of halogens is 1. The first-order valence-corrected chi connectivity index (χ1v) is 8.88. The zero-order chi connectivity index (χ0) is 14.4. The Hall–Kier alpha value is -0.700. The van der Waals surface area contributed by atoms with Gasteiger partial charge in [-0.25, -0.2) is 0 Å². The van der Waals surface area contributed by atoms with Crippen molar-refractivity contribution < 1.29 is 10.2 Å². The van der Waals surface area contributed by atoms with Crippen LogP contribution < -0.4 is 0 Å². The topological polar surface area (TPSA) is 40.5 Å². The summed E-state index contributed by atoms with van der Waals surface area (Å²) in [4.78, 5) is 0. The molecule has 1 aliphatic carbocycles. The van der Waals surface area contributed by atoms with Crippen molar-refractivity contribution in [3.63, 3.8) is 0 Å². The molecular formula is C17H25BrO2. The maximum Gasteiger partial charge on any atom is 0.119 e. The van der Waals surface area contributed by atoms with Gasteiger partial charge in [-0.2, -0.15) is 0 Å². The Morgan fingerprint density at radius 3 is 2.10 bits per heavy atom. The number of phenolic OH excluding ortho intramolecular Hbond substituents is 2. The van der Waals surface area contributed by atoms with Crippen LogP contribution in [0.25, 0.3) is 0 Å². The molecule has 0 heterocycles. The Kier molecular flexibility index (Phi) is 5.76. The van der Waals surface area contributed by atoms with E-state index in [1.807, 2.05) is 12.1 Å². The van der Waals surface area contributed by atoms with Gasteiger partial charge in [0.1, 0.15) is 11.5 Å². The summed E-state index contributed by atoms with van der Waals surface area (Å²) in [6, 6.07) is 5.12. The lowest BCUT2D eigenvalue weighted by Crippen LogP contribution is -2.21. The molecule has 1 aromatic rings. The molecule has 1 saturated carbocycles. The van der Waals surface area contributed by atoms with Crippen LogP contribution in [0.4, 0.5) is 0 Å². The Bertz CT molecular complexity index is 405. The van der Waals surface area contributed by atoms with Crippen molar-refractivity contribution in [3.05, 3.63) is 23.8 Å². The molecule has 2 rings (SSSR count). The lowest BCUT2D eigenvalue weighted by atomic mass is 9.74. The minimum Gasteiger partial charge on any atom is -0.508 e. The second-order valence-corrected chi connectivity index (χ2v) is 6.87. The van der Waals surface area contributed by atoms with Gasteiger partial charge in [-0.1, -0.05) is 48.0 Å². The highest BCUT2D eigenvalue weighted by Crippen LogP contribution is 2.46. The van der Waals surface area contributed by atoms with Crippen LogP contribution in [0.2, 0.25) is 0 Å². The van der Waals surface area contributed by atoms with Crippen molar-refractivity contribution in [1.29, 1.82) is 0 Å². The number of hydrogen-bond acceptors (Lipinski definition) is 2. The normalized spacial score (nSPS) is 17.4. The van der Waals surface area contributed by atoms with Crippen molar-refractivity contribution in [2.75, 3.05) is 5.33 Å². The fourth-order valence-corrected chi connectivity index (χ4v) is 3.94. The second-order valence-electron chi connectivity index (χ2n) is 6.08. The van der Waals surface area contributed by atoms with Crippen LogP contribution in [0.1, 0.15) is 63.4 Å². The van der Waals surface area contributed by atoms with Crippen LogP contribution >= 0.6 is 15.9 Å². The third-order valence-electron chi connectivity index (χ3n) is 4.61. The van der Waals surface area contributed by atoms with E-state index in [1.165, 1.54) is 63.9 Å². The van der Waals surface area contributed by atoms with E-state index >= 15 is 0 Å². The SMILES string of the molecule is Oc1cc(O)cc(C2(CCCCCCBr)CCCC2)c1. The molecule has 0 bridgehead atoms. The number of hydrogen-bond donors (Lipinski definition) is 2. The van der Waals surface area contributed by atoms with Crippen LogP contribution in [0.5, 0.6) is 11.5 Å². The second kappa shape index (κ2) is 7.35. The quantitative estimate of drug-likeness (QED) is 0.525. The van der Waals surface area contributed by atoms with Crippen LogP contribution in [0.15, 0.2) is 18.2 Å². The van der Waals surface area contributed by atoms with E-state index < -0.39 is 0 Å². The highest BCUT2D eigenvalue weighted by atomic mass is 79.9. The van der Waals surface area contributed by atoms with Gasteiger partial charge in [-0.3, -0.25) is 0 Å². The monoisotopic (exact) mass is 340 g/mol. The van der Waals surface area contributed by atoms with E-state index in [0.29, 0.717) is 0 Å². The summed E-state index contributed by atoms with van der Waals surface area (Å²) in [5, 5.41) is 20.6. The minimum atomic E-state index is 0.185. The summed E-state index contributed by atoms with van der Waals surface area (Å²) in [5.74, 6) is 0.371. The van der Waals surface area contributed by atoms with Gasteiger partial charge < -0.3 is 10.2 Å². The van der Waals surface area contributed by atoms with Crippen molar-refractivity contribution in [3.8, 4) is 11.5 Å². The van der Waals surface area contributed by atoms with Crippen molar-refractivity contribution >= 4 is 15.9 Å². The molecule has 1 fully saturated rings. The van der Waals surface area contributed by atoms with E-state index in [1.54, 1.807) is 0 Å². The molecular weight excluding hydrogens is 316 g/mol. The fourth-order valence-electron chi connectivity index (χ4n) is 3.55. The van der Waals surface area contributed by atoms with Crippen LogP contribution in [0, 0.1) is 0 Å². The maximum atomic E-state index is 9.75. The molecule has 1 aromatic carbocycles. The van der Waals surface area contributed by atoms with Gasteiger partial charge in [-0.15, -0.1) is 0 Å². The molecule has 2 nitrogen and oxygen atoms in total. The molecule has 0 spiro atoms. The molecule has 0 aromatic heterocycles. The molecule has 0 atom stereocenters. The van der Waals surface area contributed by atoms with E-state index in [-0.39, 0.29) is 16.9 Å². The molecule has 2 N–H and O–H groups in total. The van der Waals surface area contributed by atoms with Crippen molar-refractivity contribution in [2.24, 2.45) is 0 Å². The van der Waals surface area contributed by atoms with Gasteiger partial charge in [0.05, 0.1) is 0 Å². The predicted molar refractivity (Wildman–Crippen MR) is 86.8 cm³/mol. The summed E-state index contributed by atoms with van der Waals surface area (Å²) < 4.78 is 0. The largest absolute Gasteiger partial charge is 0.508 e. The Balaban J connectivity index is 2.05. The molecule has 0 radical (unpaired) electrons. The summed E-state index contributed by atoms with van der Waals surface area (Å²) in [5.41, 5.74) is 1.32. The lowest BCUT2D eigenvalue weighted by Gasteiger charge is -2.30. The van der Waals surface area contributed by atoms with E-state index in [0.717, 1.165) is 10.9 Å². The van der Waals surface area contributed by atoms with Gasteiger partial charge in [-0.05, 0) is 48.8 Å². The lowest BCUT2D eigenvalue weighted by molar-refractivity contribution is 0.377. The highest BCUT2D eigenvalue weighted by molar-refractivity contribution is 9.09. The van der Waals surface area contributed by atoms with Crippen molar-refractivity contribution in [2.45, 2.75) is 63.2 Å². The van der Waals surface area contributed by atoms with Crippen molar-refractivity contribution in [1.82, 2.24) is 0 Å².